The number of ether oxygens (including phenoxy) is 1. The molecule has 1 fully saturated rings. The molecule has 1 atom stereocenters. The van der Waals surface area contributed by atoms with Crippen molar-refractivity contribution in [2.45, 2.75) is 46.1 Å². The predicted octanol–water partition coefficient (Wildman–Crippen LogP) is 6.04. The van der Waals surface area contributed by atoms with E-state index in [1.165, 1.54) is 4.90 Å². The summed E-state index contributed by atoms with van der Waals surface area (Å²) < 4.78 is 5.73. The van der Waals surface area contributed by atoms with Crippen LogP contribution < -0.4 is 9.64 Å². The molecule has 6 nitrogen and oxygen atoms in total. The number of aliphatic hydroxyl groups excluding tert-OH is 1. The van der Waals surface area contributed by atoms with Crippen LogP contribution in [0.2, 0.25) is 0 Å². The maximum Gasteiger partial charge on any atom is 0.300 e. The number of amides is 1. The molecule has 186 valence electrons. The van der Waals surface area contributed by atoms with Gasteiger partial charge in [0.1, 0.15) is 11.5 Å². The number of Topliss-reactive ketones (excluding diaryl/α,β-unsaturated/α-hetero) is 1. The minimum Gasteiger partial charge on any atom is -0.507 e. The van der Waals surface area contributed by atoms with Gasteiger partial charge in [-0.3, -0.25) is 19.5 Å². The molecule has 1 saturated heterocycles. The van der Waals surface area contributed by atoms with Crippen molar-refractivity contribution < 1.29 is 19.4 Å². The average Bonchev–Trinajstić information content (AvgIpc) is 3.13. The van der Waals surface area contributed by atoms with E-state index in [1.54, 1.807) is 48.8 Å². The number of aliphatic hydroxyl groups is 1. The maximum atomic E-state index is 13.3. The van der Waals surface area contributed by atoms with Gasteiger partial charge in [-0.15, -0.1) is 0 Å². The van der Waals surface area contributed by atoms with Crippen molar-refractivity contribution in [3.05, 3.63) is 95.3 Å². The molecule has 1 amide bonds. The number of carbonyl (C=O) groups is 2. The summed E-state index contributed by atoms with van der Waals surface area (Å²) in [6, 6.07) is 17.2. The highest BCUT2D eigenvalue weighted by Crippen LogP contribution is 2.42. The van der Waals surface area contributed by atoms with E-state index >= 15 is 0 Å². The number of carbonyl (C=O) groups excluding carboxylic acids is 2. The van der Waals surface area contributed by atoms with Gasteiger partial charge in [0.2, 0.25) is 0 Å². The minimum atomic E-state index is -0.809. The summed E-state index contributed by atoms with van der Waals surface area (Å²) in [5.41, 5.74) is 2.73. The molecule has 0 aliphatic carbocycles. The number of pyridine rings is 1. The molecule has 1 aliphatic rings. The second-order valence-corrected chi connectivity index (χ2v) is 10.5. The molecular weight excluding hydrogens is 452 g/mol. The van der Waals surface area contributed by atoms with Crippen LogP contribution in [0.15, 0.2) is 78.6 Å². The number of rotatable bonds is 6. The molecule has 4 rings (SSSR count). The number of benzene rings is 2. The van der Waals surface area contributed by atoms with Gasteiger partial charge in [-0.1, -0.05) is 52.8 Å². The average molecular weight is 485 g/mol. The first kappa shape index (κ1) is 25.2. The van der Waals surface area contributed by atoms with E-state index in [0.717, 1.165) is 5.56 Å². The van der Waals surface area contributed by atoms with E-state index in [9.17, 15) is 14.7 Å². The Labute approximate surface area is 212 Å². The molecule has 36 heavy (non-hydrogen) atoms. The van der Waals surface area contributed by atoms with Gasteiger partial charge in [-0.2, -0.15) is 0 Å². The van der Waals surface area contributed by atoms with Gasteiger partial charge >= 0.3 is 0 Å². The highest BCUT2D eigenvalue weighted by Gasteiger charge is 2.47. The van der Waals surface area contributed by atoms with Crippen molar-refractivity contribution in [3.8, 4) is 5.75 Å². The van der Waals surface area contributed by atoms with Gasteiger partial charge in [0.25, 0.3) is 11.7 Å². The van der Waals surface area contributed by atoms with Crippen molar-refractivity contribution in [1.82, 2.24) is 4.98 Å². The van der Waals surface area contributed by atoms with Crippen LogP contribution in [0.3, 0.4) is 0 Å². The van der Waals surface area contributed by atoms with Crippen molar-refractivity contribution >= 4 is 23.1 Å². The van der Waals surface area contributed by atoms with Gasteiger partial charge in [-0.05, 0) is 64.9 Å². The van der Waals surface area contributed by atoms with Crippen molar-refractivity contribution in [1.29, 1.82) is 0 Å². The van der Waals surface area contributed by atoms with Crippen molar-refractivity contribution in [2.75, 3.05) is 11.5 Å². The Bertz CT molecular complexity index is 1270. The van der Waals surface area contributed by atoms with E-state index in [0.29, 0.717) is 35.1 Å². The fourth-order valence-corrected chi connectivity index (χ4v) is 4.20. The standard InChI is InChI=1S/C30H32N2O4/c1-19(2)18-36-24-14-8-20(9-15-24)27(33)25-26(21-7-6-16-31-17-21)32(29(35)28(25)34)23-12-10-22(11-13-23)30(3,4)5/h6-17,19,26,33H,18H2,1-5H3/b27-25+. The van der Waals surface area contributed by atoms with Crippen LogP contribution in [0.4, 0.5) is 5.69 Å². The lowest BCUT2D eigenvalue weighted by Crippen LogP contribution is -2.29. The van der Waals surface area contributed by atoms with Crippen molar-refractivity contribution in [2.24, 2.45) is 5.92 Å². The molecular formula is C30H32N2O4. The highest BCUT2D eigenvalue weighted by atomic mass is 16.5. The molecule has 3 aromatic rings. The summed E-state index contributed by atoms with van der Waals surface area (Å²) in [4.78, 5) is 32.3. The van der Waals surface area contributed by atoms with Crippen LogP contribution in [0.1, 0.15) is 57.4 Å². The van der Waals surface area contributed by atoms with E-state index in [2.05, 4.69) is 39.6 Å². The first-order valence-electron chi connectivity index (χ1n) is 12.1. The van der Waals surface area contributed by atoms with E-state index < -0.39 is 17.7 Å². The molecule has 0 radical (unpaired) electrons. The molecule has 0 spiro atoms. The number of ketones is 1. The minimum absolute atomic E-state index is 0.0312. The van der Waals surface area contributed by atoms with Crippen molar-refractivity contribution in [3.63, 3.8) is 0 Å². The monoisotopic (exact) mass is 484 g/mol. The van der Waals surface area contributed by atoms with Gasteiger partial charge < -0.3 is 9.84 Å². The zero-order valence-corrected chi connectivity index (χ0v) is 21.4. The Morgan fingerprint density at radius 2 is 1.69 bits per heavy atom. The maximum absolute atomic E-state index is 13.3. The summed E-state index contributed by atoms with van der Waals surface area (Å²) in [5, 5.41) is 11.3. The summed E-state index contributed by atoms with van der Waals surface area (Å²) in [5.74, 6) is -0.604. The molecule has 1 aliphatic heterocycles. The summed E-state index contributed by atoms with van der Waals surface area (Å²) >= 11 is 0. The molecule has 2 heterocycles. The molecule has 0 saturated carbocycles. The van der Waals surface area contributed by atoms with E-state index in [1.807, 2.05) is 24.3 Å². The fourth-order valence-electron chi connectivity index (χ4n) is 4.20. The Kier molecular flexibility index (Phi) is 6.97. The van der Waals surface area contributed by atoms with Gasteiger partial charge in [0.05, 0.1) is 18.2 Å². The Morgan fingerprint density at radius 1 is 1.03 bits per heavy atom. The number of hydrogen-bond donors (Lipinski definition) is 1. The lowest BCUT2D eigenvalue weighted by atomic mass is 9.87. The zero-order chi connectivity index (χ0) is 26.0. The third-order valence-corrected chi connectivity index (χ3v) is 6.17. The van der Waals surface area contributed by atoms with Crippen LogP contribution in [0.5, 0.6) is 5.75 Å². The fraction of sp³-hybridized carbons (Fsp3) is 0.300. The number of hydrogen-bond acceptors (Lipinski definition) is 5. The smallest absolute Gasteiger partial charge is 0.300 e. The van der Waals surface area contributed by atoms with E-state index in [-0.39, 0.29) is 16.7 Å². The predicted molar refractivity (Wildman–Crippen MR) is 141 cm³/mol. The lowest BCUT2D eigenvalue weighted by Gasteiger charge is -2.26. The van der Waals surface area contributed by atoms with Crippen LogP contribution in [0.25, 0.3) is 5.76 Å². The Hall–Kier alpha value is -3.93. The topological polar surface area (TPSA) is 79.7 Å². The van der Waals surface area contributed by atoms with Gasteiger partial charge in [0.15, 0.2) is 0 Å². The molecule has 2 aromatic carbocycles. The normalized spacial score (nSPS) is 17.6. The third-order valence-electron chi connectivity index (χ3n) is 6.17. The number of anilines is 1. The molecule has 1 unspecified atom stereocenters. The quantitative estimate of drug-likeness (QED) is 0.262. The summed E-state index contributed by atoms with van der Waals surface area (Å²) in [7, 11) is 0. The Balaban J connectivity index is 1.79. The highest BCUT2D eigenvalue weighted by molar-refractivity contribution is 6.51. The van der Waals surface area contributed by atoms with Gasteiger partial charge in [0, 0.05) is 23.6 Å². The van der Waals surface area contributed by atoms with Crippen LogP contribution in [-0.4, -0.2) is 28.4 Å². The third kappa shape index (κ3) is 5.03. The van der Waals surface area contributed by atoms with Crippen LogP contribution in [0, 0.1) is 5.92 Å². The lowest BCUT2D eigenvalue weighted by molar-refractivity contribution is -0.132. The SMILES string of the molecule is CC(C)COc1ccc(/C(O)=C2\C(=O)C(=O)N(c3ccc(C(C)(C)C)cc3)C2c2cccnc2)cc1. The first-order valence-corrected chi connectivity index (χ1v) is 12.1. The Morgan fingerprint density at radius 3 is 2.25 bits per heavy atom. The zero-order valence-electron chi connectivity index (χ0n) is 21.4. The van der Waals surface area contributed by atoms with Gasteiger partial charge in [-0.25, -0.2) is 0 Å². The number of aromatic nitrogens is 1. The second kappa shape index (κ2) is 9.97. The van der Waals surface area contributed by atoms with Crippen LogP contribution >= 0.6 is 0 Å². The number of nitrogens with zero attached hydrogens (tertiary/aromatic N) is 2. The molecule has 6 heteroatoms. The first-order chi connectivity index (χ1) is 17.1. The van der Waals surface area contributed by atoms with E-state index in [4.69, 9.17) is 4.74 Å². The second-order valence-electron chi connectivity index (χ2n) is 10.5. The molecule has 1 aromatic heterocycles. The van der Waals surface area contributed by atoms with Crippen LogP contribution in [-0.2, 0) is 15.0 Å². The summed E-state index contributed by atoms with van der Waals surface area (Å²) in [6.45, 7) is 11.0. The summed E-state index contributed by atoms with van der Waals surface area (Å²) in [6.07, 6.45) is 3.24. The molecule has 1 N–H and O–H groups in total. The largest absolute Gasteiger partial charge is 0.507 e. The molecule has 0 bridgehead atoms.